The minimum atomic E-state index is -0.837. The van der Waals surface area contributed by atoms with Crippen molar-refractivity contribution in [1.82, 2.24) is 10.6 Å². The third-order valence-corrected chi connectivity index (χ3v) is 2.77. The first-order valence-corrected chi connectivity index (χ1v) is 6.62. The molecule has 4 amide bonds. The quantitative estimate of drug-likeness (QED) is 0.705. The van der Waals surface area contributed by atoms with Crippen molar-refractivity contribution in [2.75, 3.05) is 5.32 Å². The van der Waals surface area contributed by atoms with Gasteiger partial charge in [0, 0.05) is 0 Å². The predicted molar refractivity (Wildman–Crippen MR) is 75.9 cm³/mol. The van der Waals surface area contributed by atoms with Crippen LogP contribution in [0.5, 0.6) is 5.75 Å². The number of urea groups is 1. The molecule has 7 heteroatoms. The SMILES string of the molecule is CC(C)Oc1ccccc1NC(=O)CC1NC(=O)NC1=O. The Labute approximate surface area is 122 Å². The smallest absolute Gasteiger partial charge is 0.322 e. The third-order valence-electron chi connectivity index (χ3n) is 2.77. The second kappa shape index (κ2) is 6.25. The number of nitrogens with one attached hydrogen (secondary N) is 3. The molecule has 0 bridgehead atoms. The maximum Gasteiger partial charge on any atom is 0.322 e. The Kier molecular flexibility index (Phi) is 4.42. The molecule has 21 heavy (non-hydrogen) atoms. The molecule has 2 rings (SSSR count). The van der Waals surface area contributed by atoms with E-state index in [1.165, 1.54) is 0 Å². The fraction of sp³-hybridized carbons (Fsp3) is 0.357. The van der Waals surface area contributed by atoms with Gasteiger partial charge in [0.25, 0.3) is 5.91 Å². The van der Waals surface area contributed by atoms with E-state index in [4.69, 9.17) is 4.74 Å². The highest BCUT2D eigenvalue weighted by molar-refractivity contribution is 6.07. The van der Waals surface area contributed by atoms with Crippen molar-refractivity contribution in [2.45, 2.75) is 32.4 Å². The van der Waals surface area contributed by atoms with Gasteiger partial charge in [0.05, 0.1) is 18.2 Å². The highest BCUT2D eigenvalue weighted by atomic mass is 16.5. The highest BCUT2D eigenvalue weighted by Gasteiger charge is 2.31. The Morgan fingerprint density at radius 2 is 2.05 bits per heavy atom. The van der Waals surface area contributed by atoms with Crippen molar-refractivity contribution in [1.29, 1.82) is 0 Å². The van der Waals surface area contributed by atoms with E-state index in [9.17, 15) is 14.4 Å². The van der Waals surface area contributed by atoms with Gasteiger partial charge in [-0.1, -0.05) is 12.1 Å². The second-order valence-electron chi connectivity index (χ2n) is 4.93. The zero-order valence-corrected chi connectivity index (χ0v) is 11.8. The van der Waals surface area contributed by atoms with Crippen molar-refractivity contribution in [3.63, 3.8) is 0 Å². The summed E-state index contributed by atoms with van der Waals surface area (Å²) < 4.78 is 5.59. The average molecular weight is 291 g/mol. The maximum atomic E-state index is 12.0. The molecule has 0 spiro atoms. The number of imide groups is 1. The molecule has 1 unspecified atom stereocenters. The molecule has 1 fully saturated rings. The molecular formula is C14H17N3O4. The minimum Gasteiger partial charge on any atom is -0.489 e. The third kappa shape index (κ3) is 3.95. The molecule has 1 aliphatic heterocycles. The Bertz CT molecular complexity index is 571. The molecule has 1 aromatic rings. The van der Waals surface area contributed by atoms with Crippen LogP contribution in [-0.4, -0.2) is 30.0 Å². The van der Waals surface area contributed by atoms with Crippen LogP contribution in [0, 0.1) is 0 Å². The molecule has 0 aliphatic carbocycles. The van der Waals surface area contributed by atoms with Crippen LogP contribution in [0.1, 0.15) is 20.3 Å². The Hall–Kier alpha value is -2.57. The van der Waals surface area contributed by atoms with Crippen LogP contribution >= 0.6 is 0 Å². The zero-order chi connectivity index (χ0) is 15.4. The number of hydrogen-bond donors (Lipinski definition) is 3. The summed E-state index contributed by atoms with van der Waals surface area (Å²) in [4.78, 5) is 34.3. The maximum absolute atomic E-state index is 12.0. The lowest BCUT2D eigenvalue weighted by Gasteiger charge is -2.15. The molecule has 112 valence electrons. The highest BCUT2D eigenvalue weighted by Crippen LogP contribution is 2.25. The van der Waals surface area contributed by atoms with Gasteiger partial charge >= 0.3 is 6.03 Å². The topological polar surface area (TPSA) is 96.5 Å². The molecule has 1 aromatic carbocycles. The number of anilines is 1. The number of rotatable bonds is 5. The fourth-order valence-corrected chi connectivity index (χ4v) is 1.92. The van der Waals surface area contributed by atoms with Crippen LogP contribution in [0.2, 0.25) is 0 Å². The van der Waals surface area contributed by atoms with Gasteiger partial charge < -0.3 is 15.4 Å². The molecule has 1 heterocycles. The zero-order valence-electron chi connectivity index (χ0n) is 11.8. The average Bonchev–Trinajstić information content (AvgIpc) is 2.69. The molecular weight excluding hydrogens is 274 g/mol. The van der Waals surface area contributed by atoms with Crippen molar-refractivity contribution in [3.8, 4) is 5.75 Å². The largest absolute Gasteiger partial charge is 0.489 e. The first kappa shape index (κ1) is 14.8. The summed E-state index contributed by atoms with van der Waals surface area (Å²) in [6, 6.07) is 5.62. The van der Waals surface area contributed by atoms with E-state index in [0.29, 0.717) is 11.4 Å². The fourth-order valence-electron chi connectivity index (χ4n) is 1.92. The van der Waals surface area contributed by atoms with E-state index >= 15 is 0 Å². The summed E-state index contributed by atoms with van der Waals surface area (Å²) in [7, 11) is 0. The summed E-state index contributed by atoms with van der Waals surface area (Å²) in [6.07, 6.45) is -0.156. The van der Waals surface area contributed by atoms with Crippen molar-refractivity contribution < 1.29 is 19.1 Å². The van der Waals surface area contributed by atoms with Crippen LogP contribution in [0.25, 0.3) is 0 Å². The lowest BCUT2D eigenvalue weighted by Crippen LogP contribution is -2.33. The van der Waals surface area contributed by atoms with Crippen LogP contribution in [0.3, 0.4) is 0 Å². The van der Waals surface area contributed by atoms with E-state index in [1.807, 2.05) is 13.8 Å². The molecule has 1 atom stereocenters. The van der Waals surface area contributed by atoms with E-state index in [0.717, 1.165) is 0 Å². The van der Waals surface area contributed by atoms with Gasteiger partial charge in [0.2, 0.25) is 5.91 Å². The van der Waals surface area contributed by atoms with Gasteiger partial charge in [-0.25, -0.2) is 4.79 Å². The second-order valence-corrected chi connectivity index (χ2v) is 4.93. The number of benzene rings is 1. The number of amides is 4. The summed E-state index contributed by atoms with van der Waals surface area (Å²) in [5.41, 5.74) is 0.529. The van der Waals surface area contributed by atoms with Gasteiger partial charge in [-0.3, -0.25) is 14.9 Å². The van der Waals surface area contributed by atoms with Gasteiger partial charge in [-0.2, -0.15) is 0 Å². The van der Waals surface area contributed by atoms with Crippen LogP contribution in [0.4, 0.5) is 10.5 Å². The number of ether oxygens (including phenoxy) is 1. The van der Waals surface area contributed by atoms with E-state index in [2.05, 4.69) is 16.0 Å². The van der Waals surface area contributed by atoms with Gasteiger partial charge in [0.15, 0.2) is 0 Å². The first-order valence-electron chi connectivity index (χ1n) is 6.62. The minimum absolute atomic E-state index is 0.0250. The normalized spacial score (nSPS) is 17.4. The van der Waals surface area contributed by atoms with Crippen LogP contribution < -0.4 is 20.7 Å². The van der Waals surface area contributed by atoms with Crippen molar-refractivity contribution in [2.24, 2.45) is 0 Å². The number of carbonyl (C=O) groups excluding carboxylic acids is 3. The van der Waals surface area contributed by atoms with Gasteiger partial charge in [-0.05, 0) is 26.0 Å². The van der Waals surface area contributed by atoms with Crippen LogP contribution in [-0.2, 0) is 9.59 Å². The molecule has 7 nitrogen and oxygen atoms in total. The molecule has 0 saturated carbocycles. The summed E-state index contributed by atoms with van der Waals surface area (Å²) in [5, 5.41) is 7.14. The summed E-state index contributed by atoms with van der Waals surface area (Å²) in [5.74, 6) is -0.320. The van der Waals surface area contributed by atoms with Crippen molar-refractivity contribution >= 4 is 23.5 Å². The summed E-state index contributed by atoms with van der Waals surface area (Å²) >= 11 is 0. The van der Waals surface area contributed by atoms with Crippen molar-refractivity contribution in [3.05, 3.63) is 24.3 Å². The predicted octanol–water partition coefficient (Wildman–Crippen LogP) is 1.01. The molecule has 1 saturated heterocycles. The Morgan fingerprint density at radius 1 is 1.33 bits per heavy atom. The van der Waals surface area contributed by atoms with E-state index in [1.54, 1.807) is 24.3 Å². The molecule has 0 radical (unpaired) electrons. The monoisotopic (exact) mass is 291 g/mol. The summed E-state index contributed by atoms with van der Waals surface area (Å²) in [6.45, 7) is 3.77. The van der Waals surface area contributed by atoms with Gasteiger partial charge in [0.1, 0.15) is 11.8 Å². The number of para-hydroxylation sites is 2. The molecule has 0 aromatic heterocycles. The first-order chi connectivity index (χ1) is 9.95. The van der Waals surface area contributed by atoms with E-state index < -0.39 is 18.0 Å². The lowest BCUT2D eigenvalue weighted by molar-refractivity contribution is -0.124. The molecule has 3 N–H and O–H groups in total. The standard InChI is InChI=1S/C14H17N3O4/c1-8(2)21-11-6-4-3-5-9(11)15-12(18)7-10-13(19)17-14(20)16-10/h3-6,8,10H,7H2,1-2H3,(H,15,18)(H2,16,17,19,20). The molecule has 1 aliphatic rings. The van der Waals surface area contributed by atoms with Crippen LogP contribution in [0.15, 0.2) is 24.3 Å². The number of carbonyl (C=O) groups is 3. The lowest BCUT2D eigenvalue weighted by atomic mass is 10.2. The number of hydrogen-bond acceptors (Lipinski definition) is 4. The Morgan fingerprint density at radius 3 is 2.67 bits per heavy atom. The van der Waals surface area contributed by atoms with E-state index in [-0.39, 0.29) is 18.4 Å². The Balaban J connectivity index is 2.00. The van der Waals surface area contributed by atoms with Gasteiger partial charge in [-0.15, -0.1) is 0 Å².